The Morgan fingerprint density at radius 1 is 1.18 bits per heavy atom. The van der Waals surface area contributed by atoms with Crippen molar-refractivity contribution in [2.24, 2.45) is 11.8 Å². The van der Waals surface area contributed by atoms with E-state index in [1.54, 1.807) is 0 Å². The number of aliphatic carboxylic acids is 1. The number of carbonyl (C=O) groups excluding carboxylic acids is 1. The highest BCUT2D eigenvalue weighted by Gasteiger charge is 2.43. The summed E-state index contributed by atoms with van der Waals surface area (Å²) in [7, 11) is 0. The number of carboxylic acids is 1. The molecule has 96 valence electrons. The molecule has 2 atom stereocenters. The first-order valence-electron chi connectivity index (χ1n) is 6.58. The van der Waals surface area contributed by atoms with E-state index in [0.29, 0.717) is 6.42 Å². The topological polar surface area (TPSA) is 66.4 Å². The van der Waals surface area contributed by atoms with Crippen molar-refractivity contribution < 1.29 is 14.7 Å². The van der Waals surface area contributed by atoms with E-state index in [1.165, 1.54) is 0 Å². The first kappa shape index (κ1) is 12.4. The lowest BCUT2D eigenvalue weighted by Gasteiger charge is -2.41. The van der Waals surface area contributed by atoms with Crippen LogP contribution in [0.15, 0.2) is 0 Å². The summed E-state index contributed by atoms with van der Waals surface area (Å²) in [6, 6.07) is 0. The summed E-state index contributed by atoms with van der Waals surface area (Å²) in [6.45, 7) is 1.89. The first-order valence-corrected chi connectivity index (χ1v) is 6.58. The largest absolute Gasteiger partial charge is 0.481 e. The number of nitrogens with one attached hydrogen (secondary N) is 1. The number of carboxylic acid groups (broad SMARTS) is 1. The highest BCUT2D eigenvalue weighted by atomic mass is 16.4. The zero-order valence-electron chi connectivity index (χ0n) is 10.4. The maximum Gasteiger partial charge on any atom is 0.308 e. The third kappa shape index (κ3) is 2.45. The molecule has 0 spiro atoms. The first-order chi connectivity index (χ1) is 8.03. The Hall–Kier alpha value is -1.06. The van der Waals surface area contributed by atoms with Crippen LogP contribution < -0.4 is 5.32 Å². The minimum absolute atomic E-state index is 0.0619. The van der Waals surface area contributed by atoms with Crippen molar-refractivity contribution in [1.82, 2.24) is 5.32 Å². The van der Waals surface area contributed by atoms with E-state index in [9.17, 15) is 14.7 Å². The van der Waals surface area contributed by atoms with E-state index in [1.807, 2.05) is 6.92 Å². The maximum absolute atomic E-state index is 12.0. The lowest BCUT2D eigenvalue weighted by molar-refractivity contribution is -0.147. The van der Waals surface area contributed by atoms with Gasteiger partial charge < -0.3 is 10.4 Å². The molecule has 2 saturated carbocycles. The average Bonchev–Trinajstić information content (AvgIpc) is 2.13. The molecule has 2 fully saturated rings. The molecule has 0 heterocycles. The maximum atomic E-state index is 12.0. The zero-order chi connectivity index (χ0) is 12.5. The predicted molar refractivity (Wildman–Crippen MR) is 63.5 cm³/mol. The van der Waals surface area contributed by atoms with Crippen LogP contribution in [0.25, 0.3) is 0 Å². The van der Waals surface area contributed by atoms with Gasteiger partial charge >= 0.3 is 5.97 Å². The average molecular weight is 239 g/mol. The third-order valence-corrected chi connectivity index (χ3v) is 4.39. The number of amides is 1. The Bertz CT molecular complexity index is 325. The quantitative estimate of drug-likeness (QED) is 0.791. The van der Waals surface area contributed by atoms with Crippen molar-refractivity contribution >= 4 is 11.9 Å². The van der Waals surface area contributed by atoms with Crippen molar-refractivity contribution in [2.75, 3.05) is 0 Å². The van der Waals surface area contributed by atoms with Crippen LogP contribution in [0.4, 0.5) is 0 Å². The van der Waals surface area contributed by atoms with Gasteiger partial charge in [-0.05, 0) is 32.6 Å². The van der Waals surface area contributed by atoms with Crippen LogP contribution >= 0.6 is 0 Å². The number of hydrogen-bond donors (Lipinski definition) is 2. The zero-order valence-corrected chi connectivity index (χ0v) is 10.4. The minimum atomic E-state index is -0.777. The van der Waals surface area contributed by atoms with Gasteiger partial charge in [0.15, 0.2) is 0 Å². The molecule has 17 heavy (non-hydrogen) atoms. The highest BCUT2D eigenvalue weighted by Crippen LogP contribution is 2.35. The van der Waals surface area contributed by atoms with Crippen molar-refractivity contribution in [2.45, 2.75) is 57.4 Å². The summed E-state index contributed by atoms with van der Waals surface area (Å²) < 4.78 is 0. The number of rotatable bonds is 3. The summed E-state index contributed by atoms with van der Waals surface area (Å²) in [6.07, 6.45) is 6.45. The van der Waals surface area contributed by atoms with Gasteiger partial charge in [0, 0.05) is 5.92 Å². The molecule has 0 aromatic carbocycles. The fraction of sp³-hybridized carbons (Fsp3) is 0.846. The van der Waals surface area contributed by atoms with Crippen LogP contribution in [-0.4, -0.2) is 22.5 Å². The second-order valence-corrected chi connectivity index (χ2v) is 5.67. The predicted octanol–water partition coefficient (Wildman–Crippen LogP) is 1.94. The Balaban J connectivity index is 2.03. The second kappa shape index (κ2) is 4.67. The molecule has 2 aliphatic rings. The molecule has 2 rings (SSSR count). The van der Waals surface area contributed by atoms with Gasteiger partial charge in [0.2, 0.25) is 5.91 Å². The van der Waals surface area contributed by atoms with Gasteiger partial charge in [-0.3, -0.25) is 9.59 Å². The van der Waals surface area contributed by atoms with Crippen molar-refractivity contribution in [3.8, 4) is 0 Å². The van der Waals surface area contributed by atoms with E-state index < -0.39 is 17.4 Å². The molecule has 4 nitrogen and oxygen atoms in total. The summed E-state index contributed by atoms with van der Waals surface area (Å²) in [4.78, 5) is 23.2. The molecule has 0 bridgehead atoms. The molecular weight excluding hydrogens is 218 g/mol. The standard InChI is InChI=1S/C13H21NO3/c1-13(14-11(15)9-5-4-6-9)8-3-2-7-10(13)12(16)17/h9-10H,2-8H2,1H3,(H,14,15)(H,16,17). The molecule has 0 radical (unpaired) electrons. The number of hydrogen-bond acceptors (Lipinski definition) is 2. The van der Waals surface area contributed by atoms with Gasteiger partial charge in [0.1, 0.15) is 0 Å². The molecule has 0 saturated heterocycles. The Kier molecular flexibility index (Phi) is 3.40. The SMILES string of the molecule is CC1(NC(=O)C2CCC2)CCCCC1C(=O)O. The molecule has 1 amide bonds. The number of carbonyl (C=O) groups is 2. The molecule has 0 aromatic heterocycles. The molecule has 2 unspecified atom stereocenters. The van der Waals surface area contributed by atoms with Gasteiger partial charge in [-0.25, -0.2) is 0 Å². The van der Waals surface area contributed by atoms with Crippen molar-refractivity contribution in [3.63, 3.8) is 0 Å². The van der Waals surface area contributed by atoms with Crippen LogP contribution in [0.5, 0.6) is 0 Å². The Morgan fingerprint density at radius 2 is 1.88 bits per heavy atom. The smallest absolute Gasteiger partial charge is 0.308 e. The van der Waals surface area contributed by atoms with E-state index in [4.69, 9.17) is 0 Å². The molecule has 2 aliphatic carbocycles. The molecule has 0 aromatic rings. The fourth-order valence-electron chi connectivity index (χ4n) is 2.93. The van der Waals surface area contributed by atoms with Gasteiger partial charge in [-0.2, -0.15) is 0 Å². The lowest BCUT2D eigenvalue weighted by atomic mass is 9.73. The van der Waals surface area contributed by atoms with Gasteiger partial charge in [-0.15, -0.1) is 0 Å². The monoisotopic (exact) mass is 239 g/mol. The van der Waals surface area contributed by atoms with E-state index in [0.717, 1.165) is 38.5 Å². The summed E-state index contributed by atoms with van der Waals surface area (Å²) in [5.74, 6) is -1.02. The van der Waals surface area contributed by atoms with E-state index >= 15 is 0 Å². The molecular formula is C13H21NO3. The van der Waals surface area contributed by atoms with Crippen LogP contribution in [0.3, 0.4) is 0 Å². The molecule has 4 heteroatoms. The van der Waals surface area contributed by atoms with Crippen LogP contribution in [0.2, 0.25) is 0 Å². The second-order valence-electron chi connectivity index (χ2n) is 5.67. The fourth-order valence-corrected chi connectivity index (χ4v) is 2.93. The van der Waals surface area contributed by atoms with Gasteiger partial charge in [0.05, 0.1) is 11.5 Å². The Morgan fingerprint density at radius 3 is 2.41 bits per heavy atom. The lowest BCUT2D eigenvalue weighted by Crippen LogP contribution is -2.57. The highest BCUT2D eigenvalue weighted by molar-refractivity contribution is 5.81. The van der Waals surface area contributed by atoms with Crippen LogP contribution in [0, 0.1) is 11.8 Å². The van der Waals surface area contributed by atoms with E-state index in [2.05, 4.69) is 5.32 Å². The normalized spacial score (nSPS) is 33.8. The molecule has 0 aliphatic heterocycles. The van der Waals surface area contributed by atoms with Crippen LogP contribution in [-0.2, 0) is 9.59 Å². The third-order valence-electron chi connectivity index (χ3n) is 4.39. The summed E-state index contributed by atoms with van der Waals surface area (Å²) >= 11 is 0. The van der Waals surface area contributed by atoms with Gasteiger partial charge in [-0.1, -0.05) is 19.3 Å². The summed E-state index contributed by atoms with van der Waals surface area (Å²) in [5, 5.41) is 12.3. The minimum Gasteiger partial charge on any atom is -0.481 e. The van der Waals surface area contributed by atoms with Crippen molar-refractivity contribution in [3.05, 3.63) is 0 Å². The summed E-state index contributed by atoms with van der Waals surface area (Å²) in [5.41, 5.74) is -0.545. The van der Waals surface area contributed by atoms with Crippen molar-refractivity contribution in [1.29, 1.82) is 0 Å². The molecule has 2 N–H and O–H groups in total. The van der Waals surface area contributed by atoms with Gasteiger partial charge in [0.25, 0.3) is 0 Å². The van der Waals surface area contributed by atoms with Crippen LogP contribution in [0.1, 0.15) is 51.9 Å². The van der Waals surface area contributed by atoms with E-state index in [-0.39, 0.29) is 11.8 Å². The Labute approximate surface area is 102 Å².